The second-order valence-electron chi connectivity index (χ2n) is 2.73. The summed E-state index contributed by atoms with van der Waals surface area (Å²) in [7, 11) is 0. The molecule has 0 aromatic heterocycles. The van der Waals surface area contributed by atoms with Crippen LogP contribution in [0.1, 0.15) is 13.3 Å². The largest absolute Gasteiger partial charge is 0.356 e. The number of carbonyl (C=O) groups is 1. The van der Waals surface area contributed by atoms with Crippen molar-refractivity contribution in [3.63, 3.8) is 0 Å². The summed E-state index contributed by atoms with van der Waals surface area (Å²) in [5.41, 5.74) is 5.38. The topological polar surface area (TPSA) is 55.1 Å². The molecule has 1 fully saturated rings. The summed E-state index contributed by atoms with van der Waals surface area (Å²) in [4.78, 5) is 11.0. The first kappa shape index (κ1) is 7.54. The van der Waals surface area contributed by atoms with Gasteiger partial charge in [0, 0.05) is 12.5 Å². The van der Waals surface area contributed by atoms with Crippen molar-refractivity contribution in [1.82, 2.24) is 5.32 Å². The Hall–Kier alpha value is -0.570. The fourth-order valence-electron chi connectivity index (χ4n) is 1.13. The van der Waals surface area contributed by atoms with Crippen molar-refractivity contribution < 1.29 is 4.79 Å². The predicted molar refractivity (Wildman–Crippen MR) is 39.3 cm³/mol. The van der Waals surface area contributed by atoms with Gasteiger partial charge in [0.1, 0.15) is 0 Å². The molecule has 3 nitrogen and oxygen atoms in total. The first-order valence-corrected chi connectivity index (χ1v) is 3.77. The number of nitrogens with two attached hydrogens (primary N) is 1. The highest BCUT2D eigenvalue weighted by Gasteiger charge is 2.41. The summed E-state index contributed by atoms with van der Waals surface area (Å²) in [5, 5.41) is 2.78. The standard InChI is InChI=1S/C7H14N2O/c1-2-9-7(10)6-3-5(6)4-8/h5-6H,2-4,8H2,1H3,(H,9,10)/t5-,6-/m0/s1. The lowest BCUT2D eigenvalue weighted by Gasteiger charge is -1.98. The van der Waals surface area contributed by atoms with Gasteiger partial charge in [-0.2, -0.15) is 0 Å². The average molecular weight is 142 g/mol. The minimum absolute atomic E-state index is 0.179. The zero-order chi connectivity index (χ0) is 7.56. The van der Waals surface area contributed by atoms with Gasteiger partial charge < -0.3 is 11.1 Å². The third-order valence-corrected chi connectivity index (χ3v) is 1.91. The Kier molecular flexibility index (Phi) is 2.27. The van der Waals surface area contributed by atoms with E-state index in [2.05, 4.69) is 5.32 Å². The monoisotopic (exact) mass is 142 g/mol. The third-order valence-electron chi connectivity index (χ3n) is 1.91. The summed E-state index contributed by atoms with van der Waals surface area (Å²) >= 11 is 0. The molecule has 0 saturated heterocycles. The molecule has 0 spiro atoms. The van der Waals surface area contributed by atoms with Gasteiger partial charge in [0.25, 0.3) is 0 Å². The summed E-state index contributed by atoms with van der Waals surface area (Å²) in [6, 6.07) is 0. The highest BCUT2D eigenvalue weighted by atomic mass is 16.2. The van der Waals surface area contributed by atoms with Crippen LogP contribution < -0.4 is 11.1 Å². The number of nitrogens with one attached hydrogen (secondary N) is 1. The van der Waals surface area contributed by atoms with Gasteiger partial charge in [-0.05, 0) is 25.8 Å². The molecule has 1 amide bonds. The second kappa shape index (κ2) is 3.01. The van der Waals surface area contributed by atoms with Crippen LogP contribution in [0.2, 0.25) is 0 Å². The Morgan fingerprint density at radius 2 is 2.50 bits per heavy atom. The van der Waals surface area contributed by atoms with Crippen LogP contribution >= 0.6 is 0 Å². The van der Waals surface area contributed by atoms with E-state index in [4.69, 9.17) is 5.73 Å². The Morgan fingerprint density at radius 3 is 2.90 bits per heavy atom. The molecule has 10 heavy (non-hydrogen) atoms. The molecule has 0 heterocycles. The second-order valence-corrected chi connectivity index (χ2v) is 2.73. The maximum Gasteiger partial charge on any atom is 0.223 e. The van der Waals surface area contributed by atoms with E-state index in [9.17, 15) is 4.79 Å². The molecule has 1 rings (SSSR count). The molecule has 0 aromatic carbocycles. The zero-order valence-corrected chi connectivity index (χ0v) is 6.26. The fourth-order valence-corrected chi connectivity index (χ4v) is 1.13. The van der Waals surface area contributed by atoms with Crippen molar-refractivity contribution in [3.8, 4) is 0 Å². The molecule has 0 unspecified atom stereocenters. The molecular formula is C7H14N2O. The zero-order valence-electron chi connectivity index (χ0n) is 6.26. The predicted octanol–water partition coefficient (Wildman–Crippen LogP) is -0.283. The normalized spacial score (nSPS) is 29.8. The van der Waals surface area contributed by atoms with Crippen LogP contribution in [-0.4, -0.2) is 19.0 Å². The molecule has 0 radical (unpaired) electrons. The van der Waals surface area contributed by atoms with Crippen molar-refractivity contribution >= 4 is 5.91 Å². The van der Waals surface area contributed by atoms with E-state index < -0.39 is 0 Å². The molecule has 1 aliphatic rings. The van der Waals surface area contributed by atoms with Crippen LogP contribution in [-0.2, 0) is 4.79 Å². The molecule has 0 aromatic rings. The van der Waals surface area contributed by atoms with Gasteiger partial charge in [0.05, 0.1) is 0 Å². The van der Waals surface area contributed by atoms with E-state index in [1.807, 2.05) is 6.92 Å². The van der Waals surface area contributed by atoms with Crippen LogP contribution in [0.3, 0.4) is 0 Å². The van der Waals surface area contributed by atoms with Gasteiger partial charge in [0.2, 0.25) is 5.91 Å². The third kappa shape index (κ3) is 1.48. The summed E-state index contributed by atoms with van der Waals surface area (Å²) in [6.45, 7) is 3.31. The Balaban J connectivity index is 2.19. The molecule has 1 saturated carbocycles. The van der Waals surface area contributed by atoms with Crippen LogP contribution in [0, 0.1) is 11.8 Å². The maximum atomic E-state index is 11.0. The van der Waals surface area contributed by atoms with Crippen LogP contribution in [0.4, 0.5) is 0 Å². The minimum atomic E-state index is 0.179. The molecule has 3 N–H and O–H groups in total. The van der Waals surface area contributed by atoms with Gasteiger partial charge in [-0.15, -0.1) is 0 Å². The van der Waals surface area contributed by atoms with Crippen molar-refractivity contribution in [3.05, 3.63) is 0 Å². The minimum Gasteiger partial charge on any atom is -0.356 e. The van der Waals surface area contributed by atoms with E-state index in [0.29, 0.717) is 12.5 Å². The summed E-state index contributed by atoms with van der Waals surface area (Å²) in [5.74, 6) is 0.870. The van der Waals surface area contributed by atoms with Crippen LogP contribution in [0.5, 0.6) is 0 Å². The van der Waals surface area contributed by atoms with E-state index in [1.54, 1.807) is 0 Å². The molecule has 0 aliphatic heterocycles. The maximum absolute atomic E-state index is 11.0. The molecule has 2 atom stereocenters. The van der Waals surface area contributed by atoms with E-state index in [-0.39, 0.29) is 11.8 Å². The average Bonchev–Trinajstić information content (AvgIpc) is 2.66. The lowest BCUT2D eigenvalue weighted by molar-refractivity contribution is -0.122. The lowest BCUT2D eigenvalue weighted by Crippen LogP contribution is -2.25. The smallest absolute Gasteiger partial charge is 0.223 e. The number of rotatable bonds is 3. The molecule has 58 valence electrons. The summed E-state index contributed by atoms with van der Waals surface area (Å²) in [6.07, 6.45) is 0.988. The van der Waals surface area contributed by atoms with Gasteiger partial charge in [-0.1, -0.05) is 0 Å². The molecule has 1 aliphatic carbocycles. The van der Waals surface area contributed by atoms with Crippen molar-refractivity contribution in [2.24, 2.45) is 17.6 Å². The number of hydrogen-bond donors (Lipinski definition) is 2. The van der Waals surface area contributed by atoms with Crippen molar-refractivity contribution in [2.45, 2.75) is 13.3 Å². The Morgan fingerprint density at radius 1 is 1.80 bits per heavy atom. The number of carbonyl (C=O) groups excluding carboxylic acids is 1. The van der Waals surface area contributed by atoms with Crippen molar-refractivity contribution in [1.29, 1.82) is 0 Å². The van der Waals surface area contributed by atoms with E-state index in [1.165, 1.54) is 0 Å². The highest BCUT2D eigenvalue weighted by Crippen LogP contribution is 2.37. The number of amides is 1. The van der Waals surface area contributed by atoms with Crippen molar-refractivity contribution in [2.75, 3.05) is 13.1 Å². The van der Waals surface area contributed by atoms with Crippen LogP contribution in [0.25, 0.3) is 0 Å². The van der Waals surface area contributed by atoms with E-state index >= 15 is 0 Å². The SMILES string of the molecule is CCNC(=O)[C@H]1C[C@H]1CN. The molecular weight excluding hydrogens is 128 g/mol. The first-order valence-electron chi connectivity index (χ1n) is 3.77. The van der Waals surface area contributed by atoms with Gasteiger partial charge >= 0.3 is 0 Å². The van der Waals surface area contributed by atoms with Gasteiger partial charge in [0.15, 0.2) is 0 Å². The fraction of sp³-hybridized carbons (Fsp3) is 0.857. The van der Waals surface area contributed by atoms with Crippen LogP contribution in [0.15, 0.2) is 0 Å². The molecule has 0 bridgehead atoms. The molecule has 3 heteroatoms. The highest BCUT2D eigenvalue weighted by molar-refractivity contribution is 5.81. The summed E-state index contributed by atoms with van der Waals surface area (Å²) < 4.78 is 0. The Labute approximate surface area is 61.0 Å². The lowest BCUT2D eigenvalue weighted by atomic mass is 10.3. The quantitative estimate of drug-likeness (QED) is 0.569. The van der Waals surface area contributed by atoms with E-state index in [0.717, 1.165) is 13.0 Å². The first-order chi connectivity index (χ1) is 4.79. The van der Waals surface area contributed by atoms with Gasteiger partial charge in [-0.3, -0.25) is 4.79 Å². The van der Waals surface area contributed by atoms with Gasteiger partial charge in [-0.25, -0.2) is 0 Å². The Bertz CT molecular complexity index is 136. The number of hydrogen-bond acceptors (Lipinski definition) is 2.